The van der Waals surface area contributed by atoms with Gasteiger partial charge in [0.25, 0.3) is 0 Å². The van der Waals surface area contributed by atoms with E-state index in [2.05, 4.69) is 10.2 Å². The number of nitrogens with zero attached hydrogens (tertiary/aromatic N) is 2. The summed E-state index contributed by atoms with van der Waals surface area (Å²) in [5.74, 6) is 0.894. The van der Waals surface area contributed by atoms with Crippen LogP contribution < -0.4 is 5.73 Å². The number of nitrogens with one attached hydrogen (secondary N) is 1. The quantitative estimate of drug-likeness (QED) is 0.821. The molecule has 1 aliphatic heterocycles. The Kier molecular flexibility index (Phi) is 3.13. The van der Waals surface area contributed by atoms with Gasteiger partial charge in [-0.05, 0) is 13.8 Å². The molecule has 2 heterocycles. The molecule has 0 spiro atoms. The highest BCUT2D eigenvalue weighted by atomic mass is 32.2. The van der Waals surface area contributed by atoms with Gasteiger partial charge in [-0.1, -0.05) is 0 Å². The van der Waals surface area contributed by atoms with Crippen molar-refractivity contribution in [3.63, 3.8) is 0 Å². The number of thioether (sulfide) groups is 1. The van der Waals surface area contributed by atoms with Crippen LogP contribution in [0.4, 0.5) is 5.82 Å². The fourth-order valence-electron chi connectivity index (χ4n) is 1.81. The lowest BCUT2D eigenvalue weighted by Crippen LogP contribution is -2.46. The second kappa shape index (κ2) is 4.18. The van der Waals surface area contributed by atoms with Crippen LogP contribution in [0.25, 0.3) is 0 Å². The van der Waals surface area contributed by atoms with Crippen molar-refractivity contribution in [2.75, 3.05) is 24.6 Å². The van der Waals surface area contributed by atoms with E-state index in [1.54, 1.807) is 11.8 Å². The van der Waals surface area contributed by atoms with Crippen LogP contribution >= 0.6 is 11.8 Å². The summed E-state index contributed by atoms with van der Waals surface area (Å²) in [6.07, 6.45) is 1.26. The Balaban J connectivity index is 2.31. The predicted molar refractivity (Wildman–Crippen MR) is 68.3 cm³/mol. The van der Waals surface area contributed by atoms with Gasteiger partial charge in [-0.2, -0.15) is 21.2 Å². The number of sulfonamides is 1. The zero-order valence-corrected chi connectivity index (χ0v) is 11.4. The zero-order valence-electron chi connectivity index (χ0n) is 9.80. The van der Waals surface area contributed by atoms with Crippen LogP contribution in [-0.2, 0) is 10.0 Å². The third-order valence-electron chi connectivity index (χ3n) is 2.64. The van der Waals surface area contributed by atoms with Crippen molar-refractivity contribution in [2.45, 2.75) is 23.5 Å². The number of nitrogen functional groups attached to an aromatic ring is 1. The highest BCUT2D eigenvalue weighted by Crippen LogP contribution is 2.33. The van der Waals surface area contributed by atoms with E-state index in [1.165, 1.54) is 10.5 Å². The van der Waals surface area contributed by atoms with Gasteiger partial charge in [-0.3, -0.25) is 5.10 Å². The topological polar surface area (TPSA) is 92.1 Å². The number of aromatic nitrogens is 2. The molecule has 0 bridgehead atoms. The fraction of sp³-hybridized carbons (Fsp3) is 0.667. The van der Waals surface area contributed by atoms with Gasteiger partial charge >= 0.3 is 0 Å². The van der Waals surface area contributed by atoms with Crippen LogP contribution in [-0.4, -0.2) is 46.5 Å². The zero-order chi connectivity index (χ0) is 12.7. The molecule has 0 radical (unpaired) electrons. The van der Waals surface area contributed by atoms with Crippen molar-refractivity contribution in [1.29, 1.82) is 0 Å². The van der Waals surface area contributed by atoms with Gasteiger partial charge in [-0.25, -0.2) is 8.42 Å². The minimum Gasteiger partial charge on any atom is -0.383 e. The standard InChI is InChI=1S/C9H16N4O2S2/c1-9(2)6-13(3-4-16-9)17(14,15)7-5-11-12-8(7)10/h5H,3-4,6H2,1-2H3,(H3,10,11,12). The Hall–Kier alpha value is -0.730. The first-order valence-corrected chi connectivity index (χ1v) is 7.68. The molecule has 1 saturated heterocycles. The minimum absolute atomic E-state index is 0.0657. The Bertz CT molecular complexity index is 509. The van der Waals surface area contributed by atoms with E-state index in [-0.39, 0.29) is 15.5 Å². The summed E-state index contributed by atoms with van der Waals surface area (Å²) >= 11 is 1.78. The van der Waals surface area contributed by atoms with Crippen LogP contribution in [0.3, 0.4) is 0 Å². The average Bonchev–Trinajstić information content (AvgIpc) is 2.63. The van der Waals surface area contributed by atoms with Gasteiger partial charge < -0.3 is 5.73 Å². The van der Waals surface area contributed by atoms with Crippen molar-refractivity contribution in [3.8, 4) is 0 Å². The summed E-state index contributed by atoms with van der Waals surface area (Å²) in [6, 6.07) is 0. The first-order chi connectivity index (χ1) is 7.83. The monoisotopic (exact) mass is 276 g/mol. The molecule has 3 N–H and O–H groups in total. The van der Waals surface area contributed by atoms with Crippen molar-refractivity contribution in [1.82, 2.24) is 14.5 Å². The molecule has 8 heteroatoms. The summed E-state index contributed by atoms with van der Waals surface area (Å²) < 4.78 is 26.1. The van der Waals surface area contributed by atoms with E-state index in [4.69, 9.17) is 5.73 Å². The van der Waals surface area contributed by atoms with Crippen LogP contribution in [0.15, 0.2) is 11.1 Å². The maximum absolute atomic E-state index is 12.3. The van der Waals surface area contributed by atoms with Crippen molar-refractivity contribution >= 4 is 27.6 Å². The number of anilines is 1. The molecule has 0 unspecified atom stereocenters. The number of aromatic amines is 1. The fourth-order valence-corrected chi connectivity index (χ4v) is 4.73. The maximum Gasteiger partial charge on any atom is 0.248 e. The molecular formula is C9H16N4O2S2. The van der Waals surface area contributed by atoms with E-state index < -0.39 is 10.0 Å². The minimum atomic E-state index is -3.52. The smallest absolute Gasteiger partial charge is 0.248 e. The number of rotatable bonds is 2. The average molecular weight is 276 g/mol. The van der Waals surface area contributed by atoms with Crippen LogP contribution in [0, 0.1) is 0 Å². The van der Waals surface area contributed by atoms with Crippen LogP contribution in [0.5, 0.6) is 0 Å². The van der Waals surface area contributed by atoms with E-state index in [0.717, 1.165) is 5.75 Å². The molecule has 6 nitrogen and oxygen atoms in total. The highest BCUT2D eigenvalue weighted by molar-refractivity contribution is 8.00. The first kappa shape index (κ1) is 12.7. The van der Waals surface area contributed by atoms with Crippen LogP contribution in [0.1, 0.15) is 13.8 Å². The van der Waals surface area contributed by atoms with Gasteiger partial charge in [-0.15, -0.1) is 0 Å². The Morgan fingerprint density at radius 1 is 1.59 bits per heavy atom. The lowest BCUT2D eigenvalue weighted by Gasteiger charge is -2.36. The van der Waals surface area contributed by atoms with Crippen molar-refractivity contribution < 1.29 is 8.42 Å². The van der Waals surface area contributed by atoms with Gasteiger partial charge in [0, 0.05) is 23.6 Å². The maximum atomic E-state index is 12.3. The largest absolute Gasteiger partial charge is 0.383 e. The second-order valence-electron chi connectivity index (χ2n) is 4.59. The lowest BCUT2D eigenvalue weighted by atomic mass is 10.2. The summed E-state index contributed by atoms with van der Waals surface area (Å²) in [5, 5.41) is 6.11. The summed E-state index contributed by atoms with van der Waals surface area (Å²) in [6.45, 7) is 5.09. The summed E-state index contributed by atoms with van der Waals surface area (Å²) in [7, 11) is -3.52. The SMILES string of the molecule is CC1(C)CN(S(=O)(=O)c2cn[nH]c2N)CCS1. The Morgan fingerprint density at radius 2 is 2.29 bits per heavy atom. The summed E-state index contributed by atoms with van der Waals surface area (Å²) in [4.78, 5) is 0.0696. The normalized spacial score (nSPS) is 21.5. The molecule has 0 atom stereocenters. The molecule has 96 valence electrons. The second-order valence-corrected chi connectivity index (χ2v) is 8.30. The molecule has 17 heavy (non-hydrogen) atoms. The Morgan fingerprint density at radius 3 is 2.82 bits per heavy atom. The molecule has 0 aliphatic carbocycles. The van der Waals surface area contributed by atoms with Gasteiger partial charge in [0.2, 0.25) is 10.0 Å². The number of hydrogen-bond acceptors (Lipinski definition) is 5. The molecular weight excluding hydrogens is 260 g/mol. The van der Waals surface area contributed by atoms with Gasteiger partial charge in [0.1, 0.15) is 10.7 Å². The number of hydrogen-bond donors (Lipinski definition) is 2. The Labute approximate surface area is 105 Å². The lowest BCUT2D eigenvalue weighted by molar-refractivity contribution is 0.388. The highest BCUT2D eigenvalue weighted by Gasteiger charge is 2.35. The molecule has 2 rings (SSSR count). The van der Waals surface area contributed by atoms with Gasteiger partial charge in [0.15, 0.2) is 0 Å². The van der Waals surface area contributed by atoms with E-state index in [9.17, 15) is 8.42 Å². The molecule has 0 aromatic carbocycles. The van der Waals surface area contributed by atoms with Gasteiger partial charge in [0.05, 0.1) is 6.20 Å². The number of H-pyrrole nitrogens is 1. The van der Waals surface area contributed by atoms with E-state index in [1.807, 2.05) is 13.8 Å². The molecule has 0 amide bonds. The van der Waals surface area contributed by atoms with Crippen LogP contribution in [0.2, 0.25) is 0 Å². The molecule has 1 fully saturated rings. The molecule has 1 aromatic rings. The predicted octanol–water partition coefficient (Wildman–Crippen LogP) is 0.508. The first-order valence-electron chi connectivity index (χ1n) is 5.26. The third-order valence-corrected chi connectivity index (χ3v) is 5.81. The van der Waals surface area contributed by atoms with E-state index in [0.29, 0.717) is 13.1 Å². The third kappa shape index (κ3) is 2.43. The summed E-state index contributed by atoms with van der Waals surface area (Å²) in [5.41, 5.74) is 5.57. The van der Waals surface area contributed by atoms with Crippen molar-refractivity contribution in [2.24, 2.45) is 0 Å². The molecule has 1 aliphatic rings. The van der Waals surface area contributed by atoms with E-state index >= 15 is 0 Å². The van der Waals surface area contributed by atoms with Crippen molar-refractivity contribution in [3.05, 3.63) is 6.20 Å². The molecule has 0 saturated carbocycles. The number of nitrogens with two attached hydrogens (primary N) is 1. The molecule has 1 aromatic heterocycles.